The maximum atomic E-state index is 12.3. The van der Waals surface area contributed by atoms with Crippen LogP contribution in [0.25, 0.3) is 0 Å². The minimum absolute atomic E-state index is 0.193. The van der Waals surface area contributed by atoms with Gasteiger partial charge in [0.05, 0.1) is 6.61 Å². The van der Waals surface area contributed by atoms with Crippen molar-refractivity contribution in [3.8, 4) is 17.4 Å². The molecule has 0 fully saturated rings. The molecule has 0 saturated carbocycles. The maximum Gasteiger partial charge on any atom is 0.290 e. The summed E-state index contributed by atoms with van der Waals surface area (Å²) in [5.74, 6) is 1.56. The van der Waals surface area contributed by atoms with E-state index in [1.165, 1.54) is 0 Å². The SMILES string of the molecule is COCCCOc1cccc(CNC(=O)c2ccc(Oc3ccccc3)o2)c1. The Kier molecular flexibility index (Phi) is 7.09. The van der Waals surface area contributed by atoms with Crippen molar-refractivity contribution in [2.45, 2.75) is 13.0 Å². The highest BCUT2D eigenvalue weighted by Gasteiger charge is 2.12. The van der Waals surface area contributed by atoms with Gasteiger partial charge in [-0.3, -0.25) is 4.79 Å². The number of para-hydroxylation sites is 1. The smallest absolute Gasteiger partial charge is 0.290 e. The van der Waals surface area contributed by atoms with Crippen molar-refractivity contribution in [3.63, 3.8) is 0 Å². The third kappa shape index (κ3) is 5.89. The fourth-order valence-electron chi connectivity index (χ4n) is 2.51. The average Bonchev–Trinajstić information content (AvgIpc) is 3.19. The number of rotatable bonds is 10. The minimum atomic E-state index is -0.311. The molecule has 0 radical (unpaired) electrons. The number of hydrogen-bond acceptors (Lipinski definition) is 5. The van der Waals surface area contributed by atoms with Crippen LogP contribution in [0.3, 0.4) is 0 Å². The molecule has 1 N–H and O–H groups in total. The summed E-state index contributed by atoms with van der Waals surface area (Å²) in [5, 5.41) is 2.83. The number of methoxy groups -OCH3 is 1. The highest BCUT2D eigenvalue weighted by molar-refractivity contribution is 5.91. The molecule has 0 spiro atoms. The lowest BCUT2D eigenvalue weighted by Crippen LogP contribution is -2.22. The second-order valence-electron chi connectivity index (χ2n) is 6.06. The van der Waals surface area contributed by atoms with E-state index in [0.29, 0.717) is 25.5 Å². The first kappa shape index (κ1) is 19.5. The van der Waals surface area contributed by atoms with Gasteiger partial charge in [0, 0.05) is 32.7 Å². The molecule has 0 aliphatic carbocycles. The third-order valence-electron chi connectivity index (χ3n) is 3.88. The van der Waals surface area contributed by atoms with Gasteiger partial charge in [0.25, 0.3) is 11.9 Å². The fourth-order valence-corrected chi connectivity index (χ4v) is 2.51. The van der Waals surface area contributed by atoms with Crippen molar-refractivity contribution in [2.24, 2.45) is 0 Å². The summed E-state index contributed by atoms with van der Waals surface area (Å²) in [6, 6.07) is 20.1. The fraction of sp³-hybridized carbons (Fsp3) is 0.227. The molecule has 146 valence electrons. The molecule has 0 bridgehead atoms. The standard InChI is InChI=1S/C22H23NO5/c1-25-13-6-14-26-19-10-5-7-17(15-19)16-23-22(24)20-11-12-21(28-20)27-18-8-3-2-4-9-18/h2-5,7-12,15H,6,13-14,16H2,1H3,(H,23,24). The number of nitrogens with one attached hydrogen (secondary N) is 1. The zero-order chi connectivity index (χ0) is 19.6. The van der Waals surface area contributed by atoms with Crippen LogP contribution in [-0.4, -0.2) is 26.2 Å². The van der Waals surface area contributed by atoms with E-state index >= 15 is 0 Å². The number of carbonyl (C=O) groups is 1. The molecule has 0 atom stereocenters. The molecule has 6 nitrogen and oxygen atoms in total. The molecule has 1 amide bonds. The van der Waals surface area contributed by atoms with E-state index in [1.54, 1.807) is 19.2 Å². The van der Waals surface area contributed by atoms with Crippen LogP contribution in [0, 0.1) is 0 Å². The monoisotopic (exact) mass is 381 g/mol. The van der Waals surface area contributed by atoms with E-state index in [0.717, 1.165) is 17.7 Å². The molecule has 0 saturated heterocycles. The Morgan fingerprint density at radius 3 is 2.61 bits per heavy atom. The first-order valence-corrected chi connectivity index (χ1v) is 9.06. The van der Waals surface area contributed by atoms with Gasteiger partial charge in [-0.1, -0.05) is 30.3 Å². The molecular formula is C22H23NO5. The molecule has 0 aliphatic heterocycles. The van der Waals surface area contributed by atoms with Gasteiger partial charge in [0.2, 0.25) is 0 Å². The quantitative estimate of drug-likeness (QED) is 0.527. The Balaban J connectivity index is 1.50. The first-order valence-electron chi connectivity index (χ1n) is 9.06. The molecule has 3 aromatic rings. The van der Waals surface area contributed by atoms with Gasteiger partial charge in [0.1, 0.15) is 11.5 Å². The van der Waals surface area contributed by atoms with Crippen LogP contribution in [0.15, 0.2) is 71.1 Å². The zero-order valence-electron chi connectivity index (χ0n) is 15.7. The van der Waals surface area contributed by atoms with Crippen LogP contribution in [-0.2, 0) is 11.3 Å². The van der Waals surface area contributed by atoms with Crippen LogP contribution in [0.2, 0.25) is 0 Å². The molecule has 2 aromatic carbocycles. The van der Waals surface area contributed by atoms with Crippen LogP contribution in [0.5, 0.6) is 17.4 Å². The second-order valence-corrected chi connectivity index (χ2v) is 6.06. The van der Waals surface area contributed by atoms with Gasteiger partial charge in [-0.2, -0.15) is 0 Å². The first-order chi connectivity index (χ1) is 13.7. The summed E-state index contributed by atoms with van der Waals surface area (Å²) in [7, 11) is 1.67. The summed E-state index contributed by atoms with van der Waals surface area (Å²) in [5.41, 5.74) is 0.935. The summed E-state index contributed by atoms with van der Waals surface area (Å²) < 4.78 is 21.7. The summed E-state index contributed by atoms with van der Waals surface area (Å²) in [6.45, 7) is 1.61. The number of carbonyl (C=O) groups excluding carboxylic acids is 1. The van der Waals surface area contributed by atoms with Crippen molar-refractivity contribution in [1.82, 2.24) is 5.32 Å². The van der Waals surface area contributed by atoms with E-state index in [-0.39, 0.29) is 17.6 Å². The van der Waals surface area contributed by atoms with E-state index in [4.69, 9.17) is 18.6 Å². The van der Waals surface area contributed by atoms with E-state index in [2.05, 4.69) is 5.32 Å². The number of furan rings is 1. The maximum absolute atomic E-state index is 12.3. The summed E-state index contributed by atoms with van der Waals surface area (Å²) in [6.07, 6.45) is 0.823. The summed E-state index contributed by atoms with van der Waals surface area (Å²) >= 11 is 0. The van der Waals surface area contributed by atoms with Crippen LogP contribution >= 0.6 is 0 Å². The minimum Gasteiger partial charge on any atom is -0.493 e. The number of benzene rings is 2. The van der Waals surface area contributed by atoms with Crippen LogP contribution < -0.4 is 14.8 Å². The van der Waals surface area contributed by atoms with Gasteiger partial charge in [-0.25, -0.2) is 0 Å². The number of amides is 1. The highest BCUT2D eigenvalue weighted by Crippen LogP contribution is 2.23. The normalized spacial score (nSPS) is 10.5. The van der Waals surface area contributed by atoms with E-state index in [9.17, 15) is 4.79 Å². The van der Waals surface area contributed by atoms with Gasteiger partial charge in [-0.15, -0.1) is 0 Å². The lowest BCUT2D eigenvalue weighted by molar-refractivity contribution is 0.0918. The molecule has 28 heavy (non-hydrogen) atoms. The molecule has 1 heterocycles. The Labute approximate surface area is 164 Å². The lowest BCUT2D eigenvalue weighted by Gasteiger charge is -2.08. The van der Waals surface area contributed by atoms with Gasteiger partial charge in [0.15, 0.2) is 5.76 Å². The van der Waals surface area contributed by atoms with E-state index in [1.807, 2.05) is 54.6 Å². The topological polar surface area (TPSA) is 69.9 Å². The van der Waals surface area contributed by atoms with Gasteiger partial charge < -0.3 is 23.9 Å². The molecule has 0 unspecified atom stereocenters. The largest absolute Gasteiger partial charge is 0.493 e. The lowest BCUT2D eigenvalue weighted by atomic mass is 10.2. The molecule has 1 aromatic heterocycles. The second kappa shape index (κ2) is 10.2. The Bertz CT molecular complexity index is 875. The Hall–Kier alpha value is -3.25. The zero-order valence-corrected chi connectivity index (χ0v) is 15.7. The summed E-state index contributed by atoms with van der Waals surface area (Å²) in [4.78, 5) is 12.3. The van der Waals surface area contributed by atoms with Crippen molar-refractivity contribution in [3.05, 3.63) is 78.1 Å². The third-order valence-corrected chi connectivity index (χ3v) is 3.88. The number of ether oxygens (including phenoxy) is 3. The van der Waals surface area contributed by atoms with Crippen LogP contribution in [0.4, 0.5) is 0 Å². The van der Waals surface area contributed by atoms with Crippen LogP contribution in [0.1, 0.15) is 22.5 Å². The van der Waals surface area contributed by atoms with Crippen molar-refractivity contribution >= 4 is 5.91 Å². The Morgan fingerprint density at radius 1 is 0.964 bits per heavy atom. The predicted octanol–water partition coefficient (Wildman–Crippen LogP) is 4.42. The Morgan fingerprint density at radius 2 is 1.79 bits per heavy atom. The molecule has 6 heteroatoms. The van der Waals surface area contributed by atoms with E-state index < -0.39 is 0 Å². The van der Waals surface area contributed by atoms with Crippen molar-refractivity contribution < 1.29 is 23.4 Å². The van der Waals surface area contributed by atoms with Gasteiger partial charge >= 0.3 is 0 Å². The number of hydrogen-bond donors (Lipinski definition) is 1. The van der Waals surface area contributed by atoms with Crippen molar-refractivity contribution in [1.29, 1.82) is 0 Å². The average molecular weight is 381 g/mol. The molecule has 0 aliphatic rings. The highest BCUT2D eigenvalue weighted by atomic mass is 16.6. The molecule has 3 rings (SSSR count). The molecular weight excluding hydrogens is 358 g/mol. The predicted molar refractivity (Wildman–Crippen MR) is 105 cm³/mol. The van der Waals surface area contributed by atoms with Crippen molar-refractivity contribution in [2.75, 3.05) is 20.3 Å². The van der Waals surface area contributed by atoms with Gasteiger partial charge in [-0.05, 0) is 35.9 Å².